The molecule has 0 aliphatic heterocycles. The van der Waals surface area contributed by atoms with Crippen molar-refractivity contribution in [3.8, 4) is 0 Å². The van der Waals surface area contributed by atoms with Crippen molar-refractivity contribution in [2.75, 3.05) is 7.05 Å². The molecular weight excluding hydrogens is 231 g/mol. The Hall–Kier alpha value is -1.75. The molecule has 18 heavy (non-hydrogen) atoms. The monoisotopic (exact) mass is 248 g/mol. The summed E-state index contributed by atoms with van der Waals surface area (Å²) < 4.78 is 15.1. The minimum absolute atomic E-state index is 0.0879. The summed E-state index contributed by atoms with van der Waals surface area (Å²) in [5.74, 6) is 0.726. The Morgan fingerprint density at radius 1 is 1.44 bits per heavy atom. The Labute approximate surface area is 106 Å². The molecule has 0 radical (unpaired) electrons. The van der Waals surface area contributed by atoms with Gasteiger partial charge in [0, 0.05) is 38.1 Å². The lowest BCUT2D eigenvalue weighted by molar-refractivity contribution is 0.527. The summed E-state index contributed by atoms with van der Waals surface area (Å²) in [6.45, 7) is 0. The number of nitrogens with zero attached hydrogens (tertiary/aromatic N) is 3. The fraction of sp³-hybridized carbons (Fsp3) is 0.385. The molecule has 0 saturated carbocycles. The first-order chi connectivity index (χ1) is 8.70. The second-order valence-electron chi connectivity index (χ2n) is 4.27. The quantitative estimate of drug-likeness (QED) is 0.878. The van der Waals surface area contributed by atoms with Crippen LogP contribution in [0.25, 0.3) is 0 Å². The van der Waals surface area contributed by atoms with Gasteiger partial charge in [0.25, 0.3) is 0 Å². The van der Waals surface area contributed by atoms with Crippen LogP contribution in [0.4, 0.5) is 4.39 Å². The fourth-order valence-electron chi connectivity index (χ4n) is 2.01. The number of pyridine rings is 1. The first-order valence-corrected chi connectivity index (χ1v) is 5.94. The Balaban J connectivity index is 2.04. The van der Waals surface area contributed by atoms with Gasteiger partial charge in [-0.3, -0.25) is 4.98 Å². The smallest absolute Gasteiger partial charge is 0.141 e. The Bertz CT molecular complexity index is 509. The number of rotatable bonds is 5. The molecule has 4 nitrogen and oxygen atoms in total. The predicted molar refractivity (Wildman–Crippen MR) is 67.5 cm³/mol. The number of nitrogens with one attached hydrogen (secondary N) is 1. The van der Waals surface area contributed by atoms with Crippen LogP contribution in [0.3, 0.4) is 0 Å². The standard InChI is InChI=1S/C13H17FN4/c1-15-12(10-7-11(14)9-16-8-10)3-4-13-17-5-6-18(13)2/h5-9,12,15H,3-4H2,1-2H3. The highest BCUT2D eigenvalue weighted by molar-refractivity contribution is 5.15. The average molecular weight is 248 g/mol. The molecule has 1 atom stereocenters. The SMILES string of the molecule is CNC(CCc1nccn1C)c1cncc(F)c1. The molecule has 0 aliphatic rings. The van der Waals surface area contributed by atoms with Crippen molar-refractivity contribution in [1.82, 2.24) is 19.9 Å². The van der Waals surface area contributed by atoms with Crippen LogP contribution in [0.5, 0.6) is 0 Å². The molecule has 2 aromatic heterocycles. The highest BCUT2D eigenvalue weighted by Crippen LogP contribution is 2.18. The van der Waals surface area contributed by atoms with Gasteiger partial charge in [0.05, 0.1) is 6.20 Å². The van der Waals surface area contributed by atoms with Crippen molar-refractivity contribution < 1.29 is 4.39 Å². The first kappa shape index (κ1) is 12.7. The topological polar surface area (TPSA) is 42.7 Å². The van der Waals surface area contributed by atoms with E-state index in [9.17, 15) is 4.39 Å². The van der Waals surface area contributed by atoms with Gasteiger partial charge in [-0.25, -0.2) is 9.37 Å². The predicted octanol–water partition coefficient (Wildman–Crippen LogP) is 1.85. The minimum Gasteiger partial charge on any atom is -0.338 e. The van der Waals surface area contributed by atoms with Gasteiger partial charge in [0.2, 0.25) is 0 Å². The molecule has 2 aromatic rings. The molecule has 2 rings (SSSR count). The largest absolute Gasteiger partial charge is 0.338 e. The van der Waals surface area contributed by atoms with Gasteiger partial charge >= 0.3 is 0 Å². The van der Waals surface area contributed by atoms with Crippen molar-refractivity contribution >= 4 is 0 Å². The Kier molecular flexibility index (Phi) is 4.04. The molecule has 0 bridgehead atoms. The van der Waals surface area contributed by atoms with Crippen LogP contribution < -0.4 is 5.32 Å². The van der Waals surface area contributed by atoms with Crippen LogP contribution in [-0.2, 0) is 13.5 Å². The zero-order chi connectivity index (χ0) is 13.0. The third-order valence-electron chi connectivity index (χ3n) is 3.05. The molecule has 96 valence electrons. The zero-order valence-corrected chi connectivity index (χ0v) is 10.6. The van der Waals surface area contributed by atoms with Crippen LogP contribution in [-0.4, -0.2) is 21.6 Å². The number of aryl methyl sites for hydroxylation is 2. The van der Waals surface area contributed by atoms with Gasteiger partial charge in [-0.15, -0.1) is 0 Å². The van der Waals surface area contributed by atoms with Crippen LogP contribution >= 0.6 is 0 Å². The van der Waals surface area contributed by atoms with E-state index in [1.54, 1.807) is 12.4 Å². The summed E-state index contributed by atoms with van der Waals surface area (Å²) >= 11 is 0. The van der Waals surface area contributed by atoms with E-state index < -0.39 is 0 Å². The molecule has 2 heterocycles. The van der Waals surface area contributed by atoms with Gasteiger partial charge in [0.15, 0.2) is 0 Å². The molecule has 0 fully saturated rings. The maximum absolute atomic E-state index is 13.1. The normalized spacial score (nSPS) is 12.6. The van der Waals surface area contributed by atoms with Gasteiger partial charge in [-0.05, 0) is 25.1 Å². The van der Waals surface area contributed by atoms with E-state index in [0.717, 1.165) is 24.2 Å². The van der Waals surface area contributed by atoms with Gasteiger partial charge in [-0.1, -0.05) is 0 Å². The zero-order valence-electron chi connectivity index (χ0n) is 10.6. The van der Waals surface area contributed by atoms with E-state index in [-0.39, 0.29) is 11.9 Å². The lowest BCUT2D eigenvalue weighted by atomic mass is 10.0. The van der Waals surface area contributed by atoms with Gasteiger partial charge < -0.3 is 9.88 Å². The minimum atomic E-state index is -0.301. The molecule has 0 aromatic carbocycles. The van der Waals surface area contributed by atoms with E-state index in [2.05, 4.69) is 15.3 Å². The van der Waals surface area contributed by atoms with Crippen molar-refractivity contribution in [1.29, 1.82) is 0 Å². The number of imidazole rings is 1. The van der Waals surface area contributed by atoms with E-state index in [4.69, 9.17) is 0 Å². The summed E-state index contributed by atoms with van der Waals surface area (Å²) in [6, 6.07) is 1.61. The Morgan fingerprint density at radius 2 is 2.28 bits per heavy atom. The summed E-state index contributed by atoms with van der Waals surface area (Å²) in [7, 11) is 3.84. The van der Waals surface area contributed by atoms with Crippen LogP contribution in [0.2, 0.25) is 0 Å². The highest BCUT2D eigenvalue weighted by atomic mass is 19.1. The van der Waals surface area contributed by atoms with Crippen LogP contribution in [0.1, 0.15) is 23.9 Å². The summed E-state index contributed by atoms with van der Waals surface area (Å²) in [5.41, 5.74) is 0.867. The number of hydrogen-bond acceptors (Lipinski definition) is 3. The Morgan fingerprint density at radius 3 is 2.89 bits per heavy atom. The molecule has 0 saturated heterocycles. The van der Waals surface area contributed by atoms with Gasteiger partial charge in [0.1, 0.15) is 11.6 Å². The van der Waals surface area contributed by atoms with E-state index >= 15 is 0 Å². The maximum atomic E-state index is 13.1. The fourth-order valence-corrected chi connectivity index (χ4v) is 2.01. The van der Waals surface area contributed by atoms with E-state index in [0.29, 0.717) is 0 Å². The summed E-state index contributed by atoms with van der Waals surface area (Å²) in [6.07, 6.45) is 8.32. The number of aromatic nitrogens is 3. The maximum Gasteiger partial charge on any atom is 0.141 e. The number of hydrogen-bond donors (Lipinski definition) is 1. The van der Waals surface area contributed by atoms with Crippen LogP contribution in [0.15, 0.2) is 30.9 Å². The lowest BCUT2D eigenvalue weighted by Gasteiger charge is -2.16. The summed E-state index contributed by atoms with van der Waals surface area (Å²) in [4.78, 5) is 8.16. The van der Waals surface area contributed by atoms with Crippen molar-refractivity contribution in [2.45, 2.75) is 18.9 Å². The highest BCUT2D eigenvalue weighted by Gasteiger charge is 2.11. The average Bonchev–Trinajstić information content (AvgIpc) is 2.76. The number of halogens is 1. The van der Waals surface area contributed by atoms with Crippen molar-refractivity contribution in [3.05, 3.63) is 48.1 Å². The van der Waals surface area contributed by atoms with Crippen molar-refractivity contribution in [2.24, 2.45) is 7.05 Å². The van der Waals surface area contributed by atoms with Crippen LogP contribution in [0, 0.1) is 5.82 Å². The molecule has 0 aliphatic carbocycles. The second kappa shape index (κ2) is 5.73. The third kappa shape index (κ3) is 2.92. The first-order valence-electron chi connectivity index (χ1n) is 5.94. The molecule has 1 unspecified atom stereocenters. The third-order valence-corrected chi connectivity index (χ3v) is 3.05. The van der Waals surface area contributed by atoms with E-state index in [1.807, 2.05) is 24.9 Å². The van der Waals surface area contributed by atoms with Crippen molar-refractivity contribution in [3.63, 3.8) is 0 Å². The van der Waals surface area contributed by atoms with Gasteiger partial charge in [-0.2, -0.15) is 0 Å². The molecule has 1 N–H and O–H groups in total. The molecule has 0 spiro atoms. The second-order valence-corrected chi connectivity index (χ2v) is 4.27. The molecule has 0 amide bonds. The summed E-state index contributed by atoms with van der Waals surface area (Å²) in [5, 5.41) is 3.18. The lowest BCUT2D eigenvalue weighted by Crippen LogP contribution is -2.18. The molecule has 5 heteroatoms. The van der Waals surface area contributed by atoms with E-state index in [1.165, 1.54) is 12.3 Å². The molecular formula is C13H17FN4.